The largest absolute Gasteiger partial charge is 0.488 e. The summed E-state index contributed by atoms with van der Waals surface area (Å²) in [5.41, 5.74) is 3.61. The number of piperidine rings is 1. The Morgan fingerprint density at radius 1 is 0.844 bits per heavy atom. The minimum atomic E-state index is -0.375. The Kier molecular flexibility index (Phi) is 7.67. The number of rotatable bonds is 7. The van der Waals surface area contributed by atoms with E-state index in [1.165, 1.54) is 31.4 Å². The van der Waals surface area contributed by atoms with Crippen molar-refractivity contribution in [1.29, 1.82) is 0 Å². The van der Waals surface area contributed by atoms with Crippen molar-refractivity contribution < 1.29 is 9.13 Å². The molecule has 0 unspecified atom stereocenters. The molecule has 0 bridgehead atoms. The molecule has 0 aromatic heterocycles. The summed E-state index contributed by atoms with van der Waals surface area (Å²) < 4.78 is 19.3. The summed E-state index contributed by atoms with van der Waals surface area (Å²) in [6.07, 6.45) is 3.69. The van der Waals surface area contributed by atoms with Crippen LogP contribution in [0.25, 0.3) is 0 Å². The van der Waals surface area contributed by atoms with Crippen LogP contribution in [0, 0.1) is 5.82 Å². The summed E-state index contributed by atoms with van der Waals surface area (Å²) in [6.45, 7) is 2.83. The third-order valence-corrected chi connectivity index (χ3v) is 6.44. The highest BCUT2D eigenvalue weighted by atomic mass is 35.5. The van der Waals surface area contributed by atoms with Crippen LogP contribution in [0.15, 0.2) is 54.6 Å². The van der Waals surface area contributed by atoms with Crippen LogP contribution < -0.4 is 15.0 Å². The van der Waals surface area contributed by atoms with Crippen LogP contribution in [0.3, 0.4) is 0 Å². The number of ether oxygens (including phenoxy) is 1. The Morgan fingerprint density at radius 3 is 2.41 bits per heavy atom. The van der Waals surface area contributed by atoms with Crippen molar-refractivity contribution in [3.05, 3.63) is 86.6 Å². The number of hydrogen-bond acceptors (Lipinski definition) is 3. The van der Waals surface area contributed by atoms with Crippen molar-refractivity contribution in [3.8, 4) is 5.75 Å². The molecule has 1 N–H and O–H groups in total. The second kappa shape index (κ2) is 10.7. The van der Waals surface area contributed by atoms with E-state index in [9.17, 15) is 4.39 Å². The lowest BCUT2D eigenvalue weighted by Gasteiger charge is -2.29. The van der Waals surface area contributed by atoms with Gasteiger partial charge in [-0.25, -0.2) is 4.39 Å². The predicted molar refractivity (Wildman–Crippen MR) is 132 cm³/mol. The van der Waals surface area contributed by atoms with Gasteiger partial charge in [0.1, 0.15) is 18.2 Å². The monoisotopic (exact) mass is 492 g/mol. The Balaban J connectivity index is 1.43. The maximum absolute atomic E-state index is 13.3. The smallest absolute Gasteiger partial charge is 0.124 e. The van der Waals surface area contributed by atoms with Crippen LogP contribution in [0.1, 0.15) is 30.4 Å². The van der Waals surface area contributed by atoms with Crippen LogP contribution in [-0.2, 0) is 13.2 Å². The molecule has 0 saturated carbocycles. The minimum Gasteiger partial charge on any atom is -0.488 e. The van der Waals surface area contributed by atoms with E-state index >= 15 is 0 Å². The predicted octanol–water partition coefficient (Wildman–Crippen LogP) is 7.97. The van der Waals surface area contributed by atoms with Gasteiger partial charge < -0.3 is 15.0 Å². The Hall–Kier alpha value is -2.14. The van der Waals surface area contributed by atoms with Crippen molar-refractivity contribution >= 4 is 46.2 Å². The normalized spacial score (nSPS) is 13.8. The van der Waals surface area contributed by atoms with Gasteiger partial charge in [-0.2, -0.15) is 0 Å². The third kappa shape index (κ3) is 5.80. The van der Waals surface area contributed by atoms with Crippen LogP contribution >= 0.6 is 34.8 Å². The Bertz CT molecular complexity index is 1090. The summed E-state index contributed by atoms with van der Waals surface area (Å²) in [4.78, 5) is 2.35. The van der Waals surface area contributed by atoms with Crippen molar-refractivity contribution in [2.45, 2.75) is 32.4 Å². The first-order chi connectivity index (χ1) is 15.5. The van der Waals surface area contributed by atoms with Gasteiger partial charge in [0.2, 0.25) is 0 Å². The van der Waals surface area contributed by atoms with E-state index in [0.29, 0.717) is 27.9 Å². The minimum absolute atomic E-state index is 0.226. The zero-order chi connectivity index (χ0) is 22.5. The molecule has 1 saturated heterocycles. The molecular weight excluding hydrogens is 470 g/mol. The second-order valence-electron chi connectivity index (χ2n) is 7.84. The fourth-order valence-electron chi connectivity index (χ4n) is 3.83. The van der Waals surface area contributed by atoms with E-state index < -0.39 is 0 Å². The number of nitrogens with one attached hydrogen (secondary N) is 1. The van der Waals surface area contributed by atoms with Gasteiger partial charge in [-0.15, -0.1) is 0 Å². The van der Waals surface area contributed by atoms with E-state index in [2.05, 4.69) is 16.3 Å². The summed E-state index contributed by atoms with van der Waals surface area (Å²) in [7, 11) is 0. The van der Waals surface area contributed by atoms with Gasteiger partial charge in [0.25, 0.3) is 0 Å². The number of nitrogens with zero attached hydrogens (tertiary/aromatic N) is 1. The van der Waals surface area contributed by atoms with E-state index in [1.807, 2.05) is 24.3 Å². The highest BCUT2D eigenvalue weighted by Gasteiger charge is 2.14. The molecule has 1 aliphatic heterocycles. The van der Waals surface area contributed by atoms with Gasteiger partial charge in [-0.1, -0.05) is 40.9 Å². The van der Waals surface area contributed by atoms with Crippen molar-refractivity contribution in [2.24, 2.45) is 0 Å². The van der Waals surface area contributed by atoms with Crippen LogP contribution in [-0.4, -0.2) is 13.1 Å². The van der Waals surface area contributed by atoms with E-state index in [4.69, 9.17) is 39.5 Å². The maximum Gasteiger partial charge on any atom is 0.124 e. The molecule has 1 fully saturated rings. The highest BCUT2D eigenvalue weighted by molar-refractivity contribution is 6.33. The first-order valence-corrected chi connectivity index (χ1v) is 11.8. The Labute approximate surface area is 203 Å². The molecule has 4 rings (SSSR count). The molecule has 1 aliphatic rings. The quantitative estimate of drug-likeness (QED) is 0.361. The molecule has 32 heavy (non-hydrogen) atoms. The van der Waals surface area contributed by atoms with E-state index in [-0.39, 0.29) is 12.4 Å². The highest BCUT2D eigenvalue weighted by Crippen LogP contribution is 2.32. The van der Waals surface area contributed by atoms with Crippen molar-refractivity contribution in [1.82, 2.24) is 0 Å². The molecule has 3 aromatic rings. The second-order valence-corrected chi connectivity index (χ2v) is 9.09. The van der Waals surface area contributed by atoms with Crippen LogP contribution in [0.4, 0.5) is 15.8 Å². The van der Waals surface area contributed by atoms with Gasteiger partial charge in [0, 0.05) is 41.5 Å². The molecule has 0 amide bonds. The molecule has 0 atom stereocenters. The average Bonchev–Trinajstić information content (AvgIpc) is 2.78. The number of hydrogen-bond donors (Lipinski definition) is 1. The summed E-state index contributed by atoms with van der Waals surface area (Å²) in [5, 5.41) is 5.09. The van der Waals surface area contributed by atoms with E-state index in [0.717, 1.165) is 35.1 Å². The molecule has 168 valence electrons. The number of anilines is 2. The van der Waals surface area contributed by atoms with Crippen LogP contribution in [0.2, 0.25) is 15.1 Å². The SMILES string of the molecule is Fc1ccc(COc2ccc(Cl)cc2CNc2ccc(N3CCCCC3)c(Cl)c2)c(Cl)c1. The summed E-state index contributed by atoms with van der Waals surface area (Å²) in [5.74, 6) is 0.304. The van der Waals surface area contributed by atoms with Gasteiger partial charge in [0.05, 0.1) is 15.7 Å². The topological polar surface area (TPSA) is 24.5 Å². The Morgan fingerprint density at radius 2 is 1.66 bits per heavy atom. The van der Waals surface area contributed by atoms with Gasteiger partial charge in [0.15, 0.2) is 0 Å². The van der Waals surface area contributed by atoms with E-state index in [1.54, 1.807) is 12.1 Å². The van der Waals surface area contributed by atoms with Crippen LogP contribution in [0.5, 0.6) is 5.75 Å². The summed E-state index contributed by atoms with van der Waals surface area (Å²) in [6, 6.07) is 15.8. The lowest BCUT2D eigenvalue weighted by atomic mass is 10.1. The summed E-state index contributed by atoms with van der Waals surface area (Å²) >= 11 is 18.9. The molecule has 0 radical (unpaired) electrons. The van der Waals surface area contributed by atoms with Gasteiger partial charge in [-0.3, -0.25) is 0 Å². The van der Waals surface area contributed by atoms with Gasteiger partial charge >= 0.3 is 0 Å². The van der Waals surface area contributed by atoms with Gasteiger partial charge in [-0.05, 0) is 67.8 Å². The zero-order valence-electron chi connectivity index (χ0n) is 17.5. The first kappa shape index (κ1) is 23.0. The lowest BCUT2D eigenvalue weighted by molar-refractivity contribution is 0.303. The molecule has 0 aliphatic carbocycles. The number of benzene rings is 3. The number of halogens is 4. The molecular formula is C25H24Cl3FN2O. The third-order valence-electron chi connectivity index (χ3n) is 5.55. The molecule has 3 nitrogen and oxygen atoms in total. The zero-order valence-corrected chi connectivity index (χ0v) is 19.8. The molecule has 0 spiro atoms. The fourth-order valence-corrected chi connectivity index (χ4v) is 4.54. The lowest BCUT2D eigenvalue weighted by Crippen LogP contribution is -2.29. The average molecular weight is 494 g/mol. The first-order valence-electron chi connectivity index (χ1n) is 10.6. The standard InChI is InChI=1S/C25H24Cl3FN2O/c26-19-5-9-25(32-16-17-4-6-20(29)13-22(17)27)18(12-19)15-30-21-7-8-24(23(28)14-21)31-10-2-1-3-11-31/h4-9,12-14,30H,1-3,10-11,15-16H2. The van der Waals surface area contributed by atoms with Crippen molar-refractivity contribution in [3.63, 3.8) is 0 Å². The van der Waals surface area contributed by atoms with Crippen molar-refractivity contribution in [2.75, 3.05) is 23.3 Å². The fraction of sp³-hybridized carbons (Fsp3) is 0.280. The molecule has 3 aromatic carbocycles. The molecule has 7 heteroatoms. The molecule has 1 heterocycles. The maximum atomic E-state index is 13.3.